The average Bonchev–Trinajstić information content (AvgIpc) is 2.96. The highest BCUT2D eigenvalue weighted by molar-refractivity contribution is 6.08. The summed E-state index contributed by atoms with van der Waals surface area (Å²) in [6.07, 6.45) is 8.47. The zero-order chi connectivity index (χ0) is 16.2. The molecule has 4 nitrogen and oxygen atoms in total. The molecule has 0 saturated heterocycles. The minimum absolute atomic E-state index is 0.294. The van der Waals surface area contributed by atoms with E-state index >= 15 is 0 Å². The molecular weight excluding hydrogens is 290 g/mol. The number of ether oxygens (including phenoxy) is 2. The Hall–Kier alpha value is -2.10. The molecule has 0 unspecified atom stereocenters. The molecule has 1 heterocycles. The summed E-state index contributed by atoms with van der Waals surface area (Å²) in [5.41, 5.74) is 2.44. The van der Waals surface area contributed by atoms with Crippen molar-refractivity contribution in [2.45, 2.75) is 45.4 Å². The van der Waals surface area contributed by atoms with Crippen LogP contribution in [0.25, 0.3) is 6.08 Å². The number of carbonyl (C=O) groups excluding carboxylic acids is 1. The standard InChI is InChI=1S/C19H23NO3/c1-3-13-9-10-17(22-2)15(11-13)12-16-19(21)23-18(20-16)14-7-5-4-6-8-14/h9-12,14H,3-8H2,1-2H3/b16-12+. The number of esters is 1. The fourth-order valence-electron chi connectivity index (χ4n) is 3.21. The van der Waals surface area contributed by atoms with Crippen molar-refractivity contribution in [2.75, 3.05) is 7.11 Å². The van der Waals surface area contributed by atoms with Crippen LogP contribution in [0, 0.1) is 5.92 Å². The van der Waals surface area contributed by atoms with E-state index in [1.54, 1.807) is 13.2 Å². The predicted molar refractivity (Wildman–Crippen MR) is 90.5 cm³/mol. The highest BCUT2D eigenvalue weighted by Gasteiger charge is 2.30. The van der Waals surface area contributed by atoms with Gasteiger partial charge in [0.15, 0.2) is 5.70 Å². The molecule has 0 spiro atoms. The topological polar surface area (TPSA) is 47.9 Å². The van der Waals surface area contributed by atoms with E-state index < -0.39 is 0 Å². The lowest BCUT2D eigenvalue weighted by Gasteiger charge is -2.19. The number of rotatable bonds is 4. The van der Waals surface area contributed by atoms with E-state index in [0.29, 0.717) is 17.5 Å². The first-order chi connectivity index (χ1) is 11.2. The van der Waals surface area contributed by atoms with Crippen molar-refractivity contribution >= 4 is 17.9 Å². The predicted octanol–water partition coefficient (Wildman–Crippen LogP) is 4.13. The van der Waals surface area contributed by atoms with Gasteiger partial charge in [0.2, 0.25) is 5.90 Å². The number of methoxy groups -OCH3 is 1. The Balaban J connectivity index is 1.89. The number of hydrogen-bond acceptors (Lipinski definition) is 4. The van der Waals surface area contributed by atoms with Crippen LogP contribution in [0.3, 0.4) is 0 Å². The van der Waals surface area contributed by atoms with E-state index in [9.17, 15) is 4.79 Å². The van der Waals surface area contributed by atoms with E-state index in [4.69, 9.17) is 9.47 Å². The molecule has 122 valence electrons. The van der Waals surface area contributed by atoms with E-state index in [1.807, 2.05) is 18.2 Å². The second-order valence-electron chi connectivity index (χ2n) is 6.13. The second-order valence-corrected chi connectivity index (χ2v) is 6.13. The van der Waals surface area contributed by atoms with Crippen LogP contribution < -0.4 is 4.74 Å². The van der Waals surface area contributed by atoms with Crippen molar-refractivity contribution in [3.05, 3.63) is 35.0 Å². The van der Waals surface area contributed by atoms with E-state index in [1.165, 1.54) is 24.8 Å². The molecule has 1 aromatic rings. The smallest absolute Gasteiger partial charge is 0.363 e. The molecule has 2 aliphatic rings. The van der Waals surface area contributed by atoms with Gasteiger partial charge >= 0.3 is 5.97 Å². The molecule has 0 radical (unpaired) electrons. The van der Waals surface area contributed by atoms with Crippen LogP contribution in [-0.4, -0.2) is 19.0 Å². The van der Waals surface area contributed by atoms with Gasteiger partial charge in [-0.15, -0.1) is 0 Å². The molecule has 0 N–H and O–H groups in total. The normalized spacial score (nSPS) is 20.5. The van der Waals surface area contributed by atoms with Gasteiger partial charge in [0.1, 0.15) is 5.75 Å². The number of carbonyl (C=O) groups is 1. The van der Waals surface area contributed by atoms with Crippen LogP contribution in [0.1, 0.15) is 50.2 Å². The first-order valence-corrected chi connectivity index (χ1v) is 8.40. The molecule has 1 saturated carbocycles. The molecule has 4 heteroatoms. The third-order valence-corrected chi connectivity index (χ3v) is 4.59. The molecule has 1 aromatic carbocycles. The Morgan fingerprint density at radius 3 is 2.78 bits per heavy atom. The monoisotopic (exact) mass is 313 g/mol. The molecule has 1 aliphatic carbocycles. The number of aliphatic imine (C=N–C) groups is 1. The Bertz CT molecular complexity index is 655. The van der Waals surface area contributed by atoms with Crippen molar-refractivity contribution in [2.24, 2.45) is 10.9 Å². The van der Waals surface area contributed by atoms with Crippen LogP contribution in [0.15, 0.2) is 28.9 Å². The second kappa shape index (κ2) is 6.99. The molecule has 0 amide bonds. The summed E-state index contributed by atoms with van der Waals surface area (Å²) in [5, 5.41) is 0. The maximum atomic E-state index is 12.1. The van der Waals surface area contributed by atoms with E-state index in [0.717, 1.165) is 30.6 Å². The fraction of sp³-hybridized carbons (Fsp3) is 0.474. The van der Waals surface area contributed by atoms with Gasteiger partial charge in [0, 0.05) is 11.5 Å². The van der Waals surface area contributed by atoms with Gasteiger partial charge in [0.25, 0.3) is 0 Å². The van der Waals surface area contributed by atoms with Gasteiger partial charge in [-0.05, 0) is 43.0 Å². The Kier molecular flexibility index (Phi) is 4.79. The lowest BCUT2D eigenvalue weighted by Crippen LogP contribution is -2.19. The zero-order valence-electron chi connectivity index (χ0n) is 13.8. The molecule has 3 rings (SSSR count). The maximum Gasteiger partial charge on any atom is 0.363 e. The zero-order valence-corrected chi connectivity index (χ0v) is 13.8. The minimum Gasteiger partial charge on any atom is -0.496 e. The summed E-state index contributed by atoms with van der Waals surface area (Å²) in [6, 6.07) is 6.00. The summed E-state index contributed by atoms with van der Waals surface area (Å²) in [7, 11) is 1.63. The van der Waals surface area contributed by atoms with E-state index in [-0.39, 0.29) is 5.97 Å². The third kappa shape index (κ3) is 3.46. The van der Waals surface area contributed by atoms with Gasteiger partial charge in [-0.3, -0.25) is 0 Å². The summed E-state index contributed by atoms with van der Waals surface area (Å²) in [4.78, 5) is 16.6. The van der Waals surface area contributed by atoms with Crippen LogP contribution >= 0.6 is 0 Å². The van der Waals surface area contributed by atoms with Gasteiger partial charge in [0.05, 0.1) is 7.11 Å². The average molecular weight is 313 g/mol. The summed E-state index contributed by atoms with van der Waals surface area (Å²) in [6.45, 7) is 2.10. The minimum atomic E-state index is -0.352. The first-order valence-electron chi connectivity index (χ1n) is 8.40. The molecule has 0 bridgehead atoms. The van der Waals surface area contributed by atoms with Crippen molar-refractivity contribution in [1.29, 1.82) is 0 Å². The highest BCUT2D eigenvalue weighted by Crippen LogP contribution is 2.30. The number of nitrogens with zero attached hydrogens (tertiary/aromatic N) is 1. The van der Waals surface area contributed by atoms with Gasteiger partial charge < -0.3 is 9.47 Å². The quantitative estimate of drug-likeness (QED) is 0.620. The Morgan fingerprint density at radius 2 is 2.09 bits per heavy atom. The number of cyclic esters (lactones) is 1. The number of benzene rings is 1. The van der Waals surface area contributed by atoms with Crippen LogP contribution in [0.4, 0.5) is 0 Å². The molecular formula is C19H23NO3. The van der Waals surface area contributed by atoms with Gasteiger partial charge in [-0.25, -0.2) is 9.79 Å². The van der Waals surface area contributed by atoms with Crippen LogP contribution in [0.5, 0.6) is 5.75 Å². The fourth-order valence-corrected chi connectivity index (χ4v) is 3.21. The number of aryl methyl sites for hydroxylation is 1. The van der Waals surface area contributed by atoms with Crippen molar-refractivity contribution in [1.82, 2.24) is 0 Å². The van der Waals surface area contributed by atoms with Crippen LogP contribution in [0.2, 0.25) is 0 Å². The molecule has 1 aliphatic heterocycles. The van der Waals surface area contributed by atoms with Crippen molar-refractivity contribution in [3.63, 3.8) is 0 Å². The first kappa shape index (κ1) is 15.8. The largest absolute Gasteiger partial charge is 0.496 e. The third-order valence-electron chi connectivity index (χ3n) is 4.59. The Labute approximate surface area is 137 Å². The maximum absolute atomic E-state index is 12.1. The number of hydrogen-bond donors (Lipinski definition) is 0. The van der Waals surface area contributed by atoms with Gasteiger partial charge in [-0.1, -0.05) is 32.3 Å². The van der Waals surface area contributed by atoms with Gasteiger partial charge in [-0.2, -0.15) is 0 Å². The SMILES string of the molecule is CCc1ccc(OC)c(/C=C2/N=C(C3CCCCC3)OC2=O)c1. The highest BCUT2D eigenvalue weighted by atomic mass is 16.6. The lowest BCUT2D eigenvalue weighted by molar-refractivity contribution is -0.130. The molecule has 0 aromatic heterocycles. The van der Waals surface area contributed by atoms with Crippen molar-refractivity contribution < 1.29 is 14.3 Å². The summed E-state index contributed by atoms with van der Waals surface area (Å²) < 4.78 is 10.8. The molecule has 1 fully saturated rings. The molecule has 23 heavy (non-hydrogen) atoms. The van der Waals surface area contributed by atoms with Crippen LogP contribution in [-0.2, 0) is 16.0 Å². The van der Waals surface area contributed by atoms with E-state index in [2.05, 4.69) is 11.9 Å². The summed E-state index contributed by atoms with van der Waals surface area (Å²) >= 11 is 0. The summed E-state index contributed by atoms with van der Waals surface area (Å²) in [5.74, 6) is 1.28. The Morgan fingerprint density at radius 1 is 1.30 bits per heavy atom. The molecule has 0 atom stereocenters. The van der Waals surface area contributed by atoms with Crippen molar-refractivity contribution in [3.8, 4) is 5.75 Å². The lowest BCUT2D eigenvalue weighted by atomic mass is 9.89.